The van der Waals surface area contributed by atoms with Crippen molar-refractivity contribution in [2.24, 2.45) is 0 Å². The quantitative estimate of drug-likeness (QED) is 0.150. The summed E-state index contributed by atoms with van der Waals surface area (Å²) in [7, 11) is 0. The van der Waals surface area contributed by atoms with Gasteiger partial charge in [0.25, 0.3) is 0 Å². The smallest absolute Gasteiger partial charge is 0.162 e. The molecule has 0 saturated carbocycles. The maximum atomic E-state index is 10.1. The van der Waals surface area contributed by atoms with Gasteiger partial charge < -0.3 is 13.9 Å². The van der Waals surface area contributed by atoms with Crippen LogP contribution in [0.1, 0.15) is 37.2 Å². The molecule has 2 unspecified atom stereocenters. The van der Waals surface area contributed by atoms with Crippen LogP contribution in [0.5, 0.6) is 0 Å². The van der Waals surface area contributed by atoms with E-state index in [0.717, 1.165) is 148 Å². The fourth-order valence-electron chi connectivity index (χ4n) is 15.6. The van der Waals surface area contributed by atoms with Crippen molar-refractivity contribution >= 4 is 93.4 Å². The minimum atomic E-state index is -0.0452. The van der Waals surface area contributed by atoms with Crippen molar-refractivity contribution < 1.29 is 4.42 Å². The van der Waals surface area contributed by atoms with Crippen LogP contribution in [0.25, 0.3) is 116 Å². The number of para-hydroxylation sites is 5. The van der Waals surface area contributed by atoms with Crippen LogP contribution in [0.15, 0.2) is 329 Å². The van der Waals surface area contributed by atoms with E-state index in [2.05, 4.69) is 305 Å². The summed E-state index contributed by atoms with van der Waals surface area (Å²) in [6.07, 6.45) is 24.4. The van der Waals surface area contributed by atoms with Crippen LogP contribution < -0.4 is 10.3 Å². The predicted molar refractivity (Wildman–Crippen MR) is 383 cm³/mol. The molecule has 93 heavy (non-hydrogen) atoms. The van der Waals surface area contributed by atoms with E-state index in [9.17, 15) is 5.41 Å². The van der Waals surface area contributed by atoms with Crippen LogP contribution in [0, 0.1) is 5.41 Å². The molecule has 4 aliphatic carbocycles. The third kappa shape index (κ3) is 8.41. The molecule has 14 aromatic rings. The zero-order chi connectivity index (χ0) is 61.3. The summed E-state index contributed by atoms with van der Waals surface area (Å²) < 4.78 is 11.7. The second kappa shape index (κ2) is 21.1. The van der Waals surface area contributed by atoms with Gasteiger partial charge in [0, 0.05) is 83.1 Å². The fraction of sp³-hybridized carbons (Fsp3) is 0.0706. The van der Waals surface area contributed by atoms with Crippen LogP contribution in [0.2, 0.25) is 0 Å². The van der Waals surface area contributed by atoms with Crippen LogP contribution >= 0.6 is 0 Å². The van der Waals surface area contributed by atoms with E-state index in [1.807, 2.05) is 0 Å². The molecule has 0 amide bonds. The predicted octanol–water partition coefficient (Wildman–Crippen LogP) is 21.2. The Kier molecular flexibility index (Phi) is 12.0. The van der Waals surface area contributed by atoms with E-state index in [0.29, 0.717) is 11.5 Å². The molecule has 0 saturated heterocycles. The summed E-state index contributed by atoms with van der Waals surface area (Å²) in [5, 5.41) is 19.3. The average molecular weight is 1190 g/mol. The fourth-order valence-corrected chi connectivity index (χ4v) is 15.6. The molecule has 19 rings (SSSR count). The van der Waals surface area contributed by atoms with Crippen LogP contribution in [0.4, 0.5) is 11.4 Å². The van der Waals surface area contributed by atoms with E-state index in [4.69, 9.17) is 14.4 Å². The molecule has 4 aromatic heterocycles. The highest BCUT2D eigenvalue weighted by atomic mass is 16.3. The lowest BCUT2D eigenvalue weighted by Gasteiger charge is -2.31. The van der Waals surface area contributed by atoms with Gasteiger partial charge in [-0.2, -0.15) is 0 Å². The highest BCUT2D eigenvalue weighted by Gasteiger charge is 2.39. The number of furan rings is 1. The molecule has 0 fully saturated rings. The summed E-state index contributed by atoms with van der Waals surface area (Å²) in [5.41, 5.74) is 27.3. The van der Waals surface area contributed by atoms with Gasteiger partial charge >= 0.3 is 0 Å². The van der Waals surface area contributed by atoms with E-state index in [-0.39, 0.29) is 12.0 Å². The Labute approximate surface area is 536 Å². The number of anilines is 2. The number of hydrogen-bond donors (Lipinski definition) is 2. The Morgan fingerprint density at radius 2 is 1.16 bits per heavy atom. The molecule has 8 heteroatoms. The van der Waals surface area contributed by atoms with Crippen molar-refractivity contribution in [1.29, 1.82) is 5.41 Å². The molecule has 440 valence electrons. The van der Waals surface area contributed by atoms with Gasteiger partial charge in [0.15, 0.2) is 11.4 Å². The van der Waals surface area contributed by atoms with Gasteiger partial charge in [0.2, 0.25) is 0 Å². The number of fused-ring (bicyclic) bond motifs is 16. The van der Waals surface area contributed by atoms with Gasteiger partial charge in [-0.25, -0.2) is 9.97 Å². The lowest BCUT2D eigenvalue weighted by molar-refractivity contribution is 0.670. The minimum Gasteiger partial charge on any atom is -0.454 e. The molecule has 8 nitrogen and oxygen atoms in total. The first-order valence-electron chi connectivity index (χ1n) is 32.3. The zero-order valence-electron chi connectivity index (χ0n) is 50.8. The second-order valence-electron chi connectivity index (χ2n) is 25.0. The highest BCUT2D eigenvalue weighted by Crippen LogP contribution is 2.51. The Bertz CT molecular complexity index is 5710. The Morgan fingerprint density at radius 3 is 1.91 bits per heavy atom. The molecule has 0 radical (unpaired) electrons. The maximum Gasteiger partial charge on any atom is 0.162 e. The van der Waals surface area contributed by atoms with Crippen LogP contribution in [-0.2, 0) is 0 Å². The molecule has 5 aliphatic rings. The third-order valence-corrected chi connectivity index (χ3v) is 19.8. The van der Waals surface area contributed by atoms with Crippen molar-refractivity contribution in [1.82, 2.24) is 19.2 Å². The summed E-state index contributed by atoms with van der Waals surface area (Å²) in [5.74, 6) is 0.678. The van der Waals surface area contributed by atoms with Gasteiger partial charge in [-0.1, -0.05) is 225 Å². The lowest BCUT2D eigenvalue weighted by Crippen LogP contribution is -2.29. The Balaban J connectivity index is 0.756. The molecular formula is C85H59N7O. The Hall–Kier alpha value is -11.9. The number of allylic oxidation sites excluding steroid dienone is 13. The van der Waals surface area contributed by atoms with E-state index >= 15 is 0 Å². The van der Waals surface area contributed by atoms with E-state index < -0.39 is 0 Å². The first kappa shape index (κ1) is 53.0. The maximum absolute atomic E-state index is 10.1. The normalized spacial score (nSPS) is 17.4. The molecule has 0 bridgehead atoms. The monoisotopic (exact) mass is 1190 g/mol. The van der Waals surface area contributed by atoms with Gasteiger partial charge in [-0.15, -0.1) is 0 Å². The molecule has 1 aliphatic heterocycles. The second-order valence-corrected chi connectivity index (χ2v) is 25.0. The van der Waals surface area contributed by atoms with Crippen molar-refractivity contribution in [2.45, 2.75) is 37.6 Å². The number of aromatic nitrogens is 4. The molecule has 10 aromatic carbocycles. The number of hydrogen-bond acceptors (Lipinski definition) is 6. The lowest BCUT2D eigenvalue weighted by atomic mass is 9.82. The van der Waals surface area contributed by atoms with Gasteiger partial charge in [0.1, 0.15) is 11.1 Å². The topological polar surface area (TPSA) is 87.9 Å². The molecule has 2 atom stereocenters. The van der Waals surface area contributed by atoms with E-state index in [1.165, 1.54) is 44.1 Å². The van der Waals surface area contributed by atoms with Crippen molar-refractivity contribution in [3.8, 4) is 39.6 Å². The molecular weight excluding hydrogens is 1130 g/mol. The molecule has 0 spiro atoms. The van der Waals surface area contributed by atoms with Crippen molar-refractivity contribution in [3.63, 3.8) is 0 Å². The summed E-state index contributed by atoms with van der Waals surface area (Å²) in [6, 6.07) is 82.2. The molecule has 2 N–H and O–H groups in total. The minimum absolute atomic E-state index is 0.0241. The van der Waals surface area contributed by atoms with Gasteiger partial charge in [-0.05, 0) is 125 Å². The third-order valence-electron chi connectivity index (χ3n) is 19.8. The number of nitrogens with one attached hydrogen (secondary N) is 2. The summed E-state index contributed by atoms with van der Waals surface area (Å²) in [6.45, 7) is 0. The van der Waals surface area contributed by atoms with Gasteiger partial charge in [-0.3, -0.25) is 15.5 Å². The number of benzene rings is 10. The SMILES string of the molecule is N=C1C2=C(C=C/C1=C(/Nn1c3ccccc3c3c4ccccc4c4c5ccccc5oc4c31)C1=CC(C3=CC4c5ccccc5N(c5cc(-c6nc(-c7ccccc7)cc(-c7ccccc7)n6)cc(-n6c7ccccc7c7ccccc76)c5)C4C=C3)=CCC1)CCC=C2. The van der Waals surface area contributed by atoms with Crippen LogP contribution in [-0.4, -0.2) is 31.0 Å². The Morgan fingerprint density at radius 1 is 0.527 bits per heavy atom. The molecule has 5 heterocycles. The standard InChI is InChI=1S/C85H59N7O/c86-81-61-29-8-7-22-52(61)42-44-69(81)82(89-92-77-40-19-14-35-67(77)79-65-33-9-10-34-66(65)80-68-36-15-20-41-78(68)93-84(80)83(79)92)57-28-21-27-55(46-57)56-43-45-76-70(49-56)64-32-13-18-39-75(64)91(76)60-48-58(47-59(50-60)90-73-37-16-11-30-62(73)63-31-12-17-38-74(63)90)85-87-71(53-23-3-1-4-24-53)51-72(88-85)54-25-5-2-6-26-54/h1-6,8-20,23-27,29-51,70,76,86,89H,7,21-22,28H2/b82-69-,86-81?. The summed E-state index contributed by atoms with van der Waals surface area (Å²) >= 11 is 0. The highest BCUT2D eigenvalue weighted by molar-refractivity contribution is 6.35. The summed E-state index contributed by atoms with van der Waals surface area (Å²) in [4.78, 5) is 13.4. The van der Waals surface area contributed by atoms with E-state index in [1.54, 1.807) is 0 Å². The zero-order valence-corrected chi connectivity index (χ0v) is 50.8. The first-order valence-corrected chi connectivity index (χ1v) is 32.3. The van der Waals surface area contributed by atoms with Crippen molar-refractivity contribution in [2.75, 3.05) is 10.3 Å². The number of nitrogens with zero attached hydrogens (tertiary/aromatic N) is 5. The average Bonchev–Trinajstić information content (AvgIpc) is 1.55. The first-order chi connectivity index (χ1) is 46.0. The van der Waals surface area contributed by atoms with Crippen LogP contribution in [0.3, 0.4) is 0 Å². The number of rotatable bonds is 9. The largest absolute Gasteiger partial charge is 0.454 e. The van der Waals surface area contributed by atoms with Crippen molar-refractivity contribution in [3.05, 3.63) is 330 Å². The van der Waals surface area contributed by atoms with Gasteiger partial charge in [0.05, 0.1) is 45.4 Å².